The highest BCUT2D eigenvalue weighted by Crippen LogP contribution is 2.28. The van der Waals surface area contributed by atoms with Crippen LogP contribution in [0.3, 0.4) is 0 Å². The van der Waals surface area contributed by atoms with Gasteiger partial charge >= 0.3 is 0 Å². The van der Waals surface area contributed by atoms with Crippen molar-refractivity contribution in [3.8, 4) is 11.1 Å². The molecule has 3 aromatic rings. The van der Waals surface area contributed by atoms with E-state index in [1.807, 2.05) is 41.8 Å². The van der Waals surface area contributed by atoms with Crippen molar-refractivity contribution in [1.29, 1.82) is 0 Å². The molecule has 0 N–H and O–H groups in total. The number of rotatable bonds is 4. The van der Waals surface area contributed by atoms with Gasteiger partial charge in [0.25, 0.3) is 0 Å². The first kappa shape index (κ1) is 15.0. The third-order valence-corrected chi connectivity index (χ3v) is 4.66. The molecule has 0 aliphatic rings. The van der Waals surface area contributed by atoms with Crippen LogP contribution >= 0.6 is 23.4 Å². The van der Waals surface area contributed by atoms with Gasteiger partial charge in [0.05, 0.1) is 5.03 Å². The molecule has 0 saturated carbocycles. The fraction of sp³-hybridized carbons (Fsp3) is 0. The van der Waals surface area contributed by atoms with Crippen LogP contribution < -0.4 is 0 Å². The lowest BCUT2D eigenvalue weighted by molar-refractivity contribution is 1.47. The van der Waals surface area contributed by atoms with Gasteiger partial charge in [-0.2, -0.15) is 0 Å². The van der Waals surface area contributed by atoms with E-state index in [1.54, 1.807) is 11.8 Å². The summed E-state index contributed by atoms with van der Waals surface area (Å²) in [5, 5.41) is 2.74. The molecule has 0 spiro atoms. The lowest BCUT2D eigenvalue weighted by Crippen LogP contribution is -1.80. The van der Waals surface area contributed by atoms with Crippen molar-refractivity contribution in [2.24, 2.45) is 0 Å². The van der Waals surface area contributed by atoms with E-state index in [2.05, 4.69) is 48.5 Å². The highest BCUT2D eigenvalue weighted by atomic mass is 35.5. The Hall–Kier alpha value is -1.96. The zero-order valence-electron chi connectivity index (χ0n) is 11.9. The number of hydrogen-bond acceptors (Lipinski definition) is 1. The zero-order chi connectivity index (χ0) is 15.2. The smallest absolute Gasteiger partial charge is 0.0544 e. The number of thioether (sulfide) groups is 1. The molecule has 108 valence electrons. The first-order chi connectivity index (χ1) is 10.8. The van der Waals surface area contributed by atoms with Gasteiger partial charge in [0.1, 0.15) is 0 Å². The van der Waals surface area contributed by atoms with Crippen LogP contribution in [0.2, 0.25) is 0 Å². The van der Waals surface area contributed by atoms with Gasteiger partial charge < -0.3 is 0 Å². The van der Waals surface area contributed by atoms with Crippen molar-refractivity contribution in [2.45, 2.75) is 4.90 Å². The van der Waals surface area contributed by atoms with E-state index in [0.29, 0.717) is 0 Å². The zero-order valence-corrected chi connectivity index (χ0v) is 13.5. The van der Waals surface area contributed by atoms with E-state index in [1.165, 1.54) is 16.0 Å². The van der Waals surface area contributed by atoms with Crippen LogP contribution in [0.1, 0.15) is 5.56 Å². The topological polar surface area (TPSA) is 0 Å². The lowest BCUT2D eigenvalue weighted by Gasteiger charge is -2.04. The van der Waals surface area contributed by atoms with Crippen molar-refractivity contribution in [1.82, 2.24) is 0 Å². The molecule has 0 atom stereocenters. The van der Waals surface area contributed by atoms with Crippen LogP contribution in [0.15, 0.2) is 95.2 Å². The summed E-state index contributed by atoms with van der Waals surface area (Å²) in [4.78, 5) is 1.18. The van der Waals surface area contributed by atoms with E-state index in [-0.39, 0.29) is 0 Å². The summed E-state index contributed by atoms with van der Waals surface area (Å²) < 4.78 is 0. The normalized spacial score (nSPS) is 11.4. The highest BCUT2D eigenvalue weighted by molar-refractivity contribution is 8.02. The maximum atomic E-state index is 6.39. The van der Waals surface area contributed by atoms with Gasteiger partial charge in [0, 0.05) is 4.90 Å². The minimum atomic E-state index is 0.758. The maximum Gasteiger partial charge on any atom is 0.0544 e. The molecular formula is C20H15ClS. The van der Waals surface area contributed by atoms with E-state index in [9.17, 15) is 0 Å². The molecule has 3 rings (SSSR count). The van der Waals surface area contributed by atoms with Gasteiger partial charge in [-0.05, 0) is 34.2 Å². The minimum absolute atomic E-state index is 0.758. The summed E-state index contributed by atoms with van der Waals surface area (Å²) in [5.74, 6) is 0. The van der Waals surface area contributed by atoms with Gasteiger partial charge in [-0.3, -0.25) is 0 Å². The van der Waals surface area contributed by atoms with Gasteiger partial charge in [-0.1, -0.05) is 96.2 Å². The summed E-state index contributed by atoms with van der Waals surface area (Å²) in [5.41, 5.74) is 3.45. The van der Waals surface area contributed by atoms with E-state index in [4.69, 9.17) is 11.6 Å². The van der Waals surface area contributed by atoms with E-state index in [0.717, 1.165) is 10.6 Å². The Morgan fingerprint density at radius 3 is 1.86 bits per heavy atom. The van der Waals surface area contributed by atoms with Crippen molar-refractivity contribution in [3.63, 3.8) is 0 Å². The van der Waals surface area contributed by atoms with Crippen molar-refractivity contribution < 1.29 is 0 Å². The summed E-state index contributed by atoms with van der Waals surface area (Å²) in [6.45, 7) is 0. The Labute approximate surface area is 140 Å². The Morgan fingerprint density at radius 2 is 1.23 bits per heavy atom. The SMILES string of the molecule is Cl/C(=C/Sc1ccccc1)c1ccc(-c2ccccc2)cc1. The average molecular weight is 323 g/mol. The molecule has 0 bridgehead atoms. The van der Waals surface area contributed by atoms with Crippen LogP contribution in [0.25, 0.3) is 16.2 Å². The molecule has 0 fully saturated rings. The summed E-state index contributed by atoms with van der Waals surface area (Å²) >= 11 is 8.02. The van der Waals surface area contributed by atoms with Crippen LogP contribution in [0.4, 0.5) is 0 Å². The summed E-state index contributed by atoms with van der Waals surface area (Å²) in [6.07, 6.45) is 0. The quantitative estimate of drug-likeness (QED) is 0.482. The summed E-state index contributed by atoms with van der Waals surface area (Å²) in [7, 11) is 0. The molecule has 0 heterocycles. The Balaban J connectivity index is 1.75. The molecule has 0 aliphatic heterocycles. The monoisotopic (exact) mass is 322 g/mol. The molecule has 0 amide bonds. The fourth-order valence-corrected chi connectivity index (χ4v) is 3.09. The molecule has 0 radical (unpaired) electrons. The highest BCUT2D eigenvalue weighted by Gasteiger charge is 2.01. The van der Waals surface area contributed by atoms with Gasteiger partial charge in [0.15, 0.2) is 0 Å². The standard InChI is InChI=1S/C20H15ClS/c21-20(15-22-19-9-5-2-6-10-19)18-13-11-17(12-14-18)16-7-3-1-4-8-16/h1-15H/b20-15+. The van der Waals surface area contributed by atoms with Crippen LogP contribution in [-0.4, -0.2) is 0 Å². The number of halogens is 1. The van der Waals surface area contributed by atoms with Crippen molar-refractivity contribution >= 4 is 28.4 Å². The molecule has 22 heavy (non-hydrogen) atoms. The predicted octanol–water partition coefficient (Wildman–Crippen LogP) is 6.68. The minimum Gasteiger partial charge on any atom is -0.0965 e. The Kier molecular flexibility index (Phi) is 4.99. The Morgan fingerprint density at radius 1 is 0.682 bits per heavy atom. The molecule has 0 saturated heterocycles. The average Bonchev–Trinajstić information content (AvgIpc) is 2.61. The molecule has 0 aliphatic carbocycles. The molecule has 3 aromatic carbocycles. The van der Waals surface area contributed by atoms with Crippen LogP contribution in [-0.2, 0) is 0 Å². The number of hydrogen-bond donors (Lipinski definition) is 0. The van der Waals surface area contributed by atoms with Gasteiger partial charge in [-0.15, -0.1) is 0 Å². The largest absolute Gasteiger partial charge is 0.0965 e. The number of benzene rings is 3. The third kappa shape index (κ3) is 3.82. The molecule has 0 nitrogen and oxygen atoms in total. The summed E-state index contributed by atoms with van der Waals surface area (Å²) in [6, 6.07) is 28.9. The first-order valence-electron chi connectivity index (χ1n) is 7.06. The second-order valence-electron chi connectivity index (χ2n) is 4.84. The lowest BCUT2D eigenvalue weighted by atomic mass is 10.0. The second kappa shape index (κ2) is 7.35. The van der Waals surface area contributed by atoms with Gasteiger partial charge in [-0.25, -0.2) is 0 Å². The second-order valence-corrected chi connectivity index (χ2v) is 6.19. The fourth-order valence-electron chi connectivity index (χ4n) is 2.14. The van der Waals surface area contributed by atoms with Crippen LogP contribution in [0, 0.1) is 0 Å². The maximum absolute atomic E-state index is 6.39. The van der Waals surface area contributed by atoms with E-state index < -0.39 is 0 Å². The third-order valence-electron chi connectivity index (χ3n) is 3.31. The van der Waals surface area contributed by atoms with Crippen molar-refractivity contribution in [2.75, 3.05) is 0 Å². The van der Waals surface area contributed by atoms with Crippen molar-refractivity contribution in [3.05, 3.63) is 95.9 Å². The first-order valence-corrected chi connectivity index (χ1v) is 8.32. The molecule has 0 aromatic heterocycles. The molecule has 2 heteroatoms. The molecule has 0 unspecified atom stereocenters. The Bertz CT molecular complexity index is 747. The van der Waals surface area contributed by atoms with E-state index >= 15 is 0 Å². The predicted molar refractivity (Wildman–Crippen MR) is 98.0 cm³/mol. The molecular weight excluding hydrogens is 308 g/mol. The van der Waals surface area contributed by atoms with Gasteiger partial charge in [0.2, 0.25) is 0 Å². The van der Waals surface area contributed by atoms with Crippen LogP contribution in [0.5, 0.6) is 0 Å².